The topological polar surface area (TPSA) is 89.2 Å². The van der Waals surface area contributed by atoms with Gasteiger partial charge in [0.15, 0.2) is 0 Å². The molecule has 0 atom stereocenters. The molecule has 0 spiro atoms. The van der Waals surface area contributed by atoms with Crippen LogP contribution in [0.5, 0.6) is 11.5 Å². The maximum absolute atomic E-state index is 15.2. The number of fused-ring (bicyclic) bond motifs is 1. The highest BCUT2D eigenvalue weighted by atomic mass is 35.5. The number of carbonyl (C=O) groups is 1. The van der Waals surface area contributed by atoms with E-state index in [9.17, 15) is 4.79 Å². The molecular weight excluding hydrogens is 553 g/mol. The van der Waals surface area contributed by atoms with Gasteiger partial charge in [0.05, 0.1) is 23.1 Å². The molecule has 1 aliphatic rings. The molecule has 2 aromatic heterocycles. The number of halogens is 2. The zero-order valence-electron chi connectivity index (χ0n) is 23.8. The highest BCUT2D eigenvalue weighted by Gasteiger charge is 2.26. The number of aromatic amines is 1. The van der Waals surface area contributed by atoms with Crippen molar-refractivity contribution >= 4 is 34.1 Å². The second kappa shape index (κ2) is 11.3. The van der Waals surface area contributed by atoms with E-state index in [2.05, 4.69) is 28.8 Å². The number of nitrogens with zero attached hydrogens (tertiary/aromatic N) is 3. The maximum atomic E-state index is 15.2. The first-order valence-electron chi connectivity index (χ1n) is 14.2. The maximum Gasteiger partial charge on any atom is 0.214 e. The van der Waals surface area contributed by atoms with E-state index in [0.29, 0.717) is 39.2 Å². The first-order valence-corrected chi connectivity index (χ1v) is 14.5. The number of aryl methyl sites for hydroxylation is 1. The van der Waals surface area contributed by atoms with E-state index in [1.54, 1.807) is 18.2 Å². The molecule has 9 heteroatoms. The van der Waals surface area contributed by atoms with Crippen LogP contribution in [0.2, 0.25) is 5.02 Å². The molecule has 3 N–H and O–H groups in total. The van der Waals surface area contributed by atoms with Crippen LogP contribution in [0.3, 0.4) is 0 Å². The van der Waals surface area contributed by atoms with Crippen molar-refractivity contribution in [1.29, 1.82) is 0 Å². The quantitative estimate of drug-likeness (QED) is 0.192. The van der Waals surface area contributed by atoms with Crippen LogP contribution >= 0.6 is 11.6 Å². The lowest BCUT2D eigenvalue weighted by atomic mass is 9.88. The van der Waals surface area contributed by atoms with E-state index in [0.717, 1.165) is 42.7 Å². The van der Waals surface area contributed by atoms with E-state index in [-0.39, 0.29) is 28.9 Å². The second-order valence-electron chi connectivity index (χ2n) is 11.2. The van der Waals surface area contributed by atoms with Gasteiger partial charge in [-0.25, -0.2) is 9.07 Å². The standard InChI is InChI=1S/C33H33ClFN5O2/c1-19(2)39-11-9-21(10-12-39)26-17-29-22(14-28(26)35)15-30(38-29)32(41)27-18-37-40(33(27)36)31-8-7-25(13-20(31)3)42-24-6-4-5-23(34)16-24/h4-8,13-19,21,38H,9-12,36H2,1-3H3. The average molecular weight is 586 g/mol. The molecular formula is C33H33ClFN5O2. The number of nitrogens with two attached hydrogens (primary N) is 1. The number of nitrogen functional groups attached to an aromatic ring is 1. The van der Waals surface area contributed by atoms with Crippen LogP contribution in [0.1, 0.15) is 59.8 Å². The Morgan fingerprint density at radius 2 is 1.86 bits per heavy atom. The summed E-state index contributed by atoms with van der Waals surface area (Å²) in [4.78, 5) is 19.2. The number of ether oxygens (including phenoxy) is 1. The van der Waals surface area contributed by atoms with Crippen molar-refractivity contribution in [3.05, 3.63) is 100 Å². The number of rotatable bonds is 7. The SMILES string of the molecule is Cc1cc(Oc2cccc(Cl)c2)ccc1-n1ncc(C(=O)c2cc3cc(F)c(C4CCN(C(C)C)CC4)cc3[nH]2)c1N. The first-order chi connectivity index (χ1) is 20.2. The number of carbonyl (C=O) groups excluding carboxylic acids is 1. The van der Waals surface area contributed by atoms with Crippen LogP contribution < -0.4 is 10.5 Å². The van der Waals surface area contributed by atoms with E-state index in [1.807, 2.05) is 43.3 Å². The number of nitrogens with one attached hydrogen (secondary N) is 1. The van der Waals surface area contributed by atoms with E-state index >= 15 is 4.39 Å². The van der Waals surface area contributed by atoms with Crippen molar-refractivity contribution < 1.29 is 13.9 Å². The number of benzene rings is 3. The zero-order valence-corrected chi connectivity index (χ0v) is 24.6. The van der Waals surface area contributed by atoms with Gasteiger partial charge in [0.1, 0.15) is 23.1 Å². The number of hydrogen-bond donors (Lipinski definition) is 2. The summed E-state index contributed by atoms with van der Waals surface area (Å²) in [5, 5.41) is 5.65. The molecule has 1 fully saturated rings. The molecule has 3 aromatic carbocycles. The monoisotopic (exact) mass is 585 g/mol. The van der Waals surface area contributed by atoms with Crippen molar-refractivity contribution in [2.45, 2.75) is 45.6 Å². The number of hydrogen-bond acceptors (Lipinski definition) is 5. The van der Waals surface area contributed by atoms with E-state index < -0.39 is 0 Å². The van der Waals surface area contributed by atoms with Crippen molar-refractivity contribution in [1.82, 2.24) is 19.7 Å². The van der Waals surface area contributed by atoms with Crippen molar-refractivity contribution in [2.75, 3.05) is 18.8 Å². The lowest BCUT2D eigenvalue weighted by Gasteiger charge is -2.34. The van der Waals surface area contributed by atoms with Gasteiger partial charge in [0.2, 0.25) is 5.78 Å². The van der Waals surface area contributed by atoms with Gasteiger partial charge < -0.3 is 20.4 Å². The molecule has 5 aromatic rings. The third-order valence-corrected chi connectivity index (χ3v) is 8.40. The van der Waals surface area contributed by atoms with E-state index in [1.165, 1.54) is 16.9 Å². The fourth-order valence-corrected chi connectivity index (χ4v) is 5.98. The minimum Gasteiger partial charge on any atom is -0.457 e. The molecule has 0 amide bonds. The summed E-state index contributed by atoms with van der Waals surface area (Å²) < 4.78 is 22.7. The fraction of sp³-hybridized carbons (Fsp3) is 0.273. The van der Waals surface area contributed by atoms with Gasteiger partial charge in [0.25, 0.3) is 0 Å². The number of H-pyrrole nitrogens is 1. The highest BCUT2D eigenvalue weighted by molar-refractivity contribution is 6.30. The molecule has 3 heterocycles. The summed E-state index contributed by atoms with van der Waals surface area (Å²) in [5.41, 5.74) is 10.1. The fourth-order valence-electron chi connectivity index (χ4n) is 5.80. The van der Waals surface area contributed by atoms with Gasteiger partial charge in [-0.15, -0.1) is 0 Å². The first kappa shape index (κ1) is 28.0. The molecule has 0 unspecified atom stereocenters. The molecule has 0 radical (unpaired) electrons. The van der Waals surface area contributed by atoms with Crippen LogP contribution in [-0.4, -0.2) is 44.6 Å². The predicted octanol–water partition coefficient (Wildman–Crippen LogP) is 7.65. The van der Waals surface area contributed by atoms with Crippen molar-refractivity contribution in [3.8, 4) is 17.2 Å². The van der Waals surface area contributed by atoms with Crippen LogP contribution in [0.15, 0.2) is 66.9 Å². The summed E-state index contributed by atoms with van der Waals surface area (Å²) in [6, 6.07) is 18.2. The molecule has 216 valence electrons. The van der Waals surface area contributed by atoms with Gasteiger partial charge in [-0.3, -0.25) is 4.79 Å². The Morgan fingerprint density at radius 3 is 2.57 bits per heavy atom. The lowest BCUT2D eigenvalue weighted by molar-refractivity contribution is 0.103. The number of anilines is 1. The second-order valence-corrected chi connectivity index (χ2v) is 11.7. The van der Waals surface area contributed by atoms with Gasteiger partial charge >= 0.3 is 0 Å². The molecule has 1 saturated heterocycles. The smallest absolute Gasteiger partial charge is 0.214 e. The van der Waals surface area contributed by atoms with Crippen LogP contribution in [0, 0.1) is 12.7 Å². The summed E-state index contributed by atoms with van der Waals surface area (Å²) in [6.45, 7) is 8.20. The Hall–Kier alpha value is -4.14. The molecule has 6 rings (SSSR count). The number of likely N-dealkylation sites (tertiary alicyclic amines) is 1. The Morgan fingerprint density at radius 1 is 1.10 bits per heavy atom. The average Bonchev–Trinajstić information content (AvgIpc) is 3.55. The molecule has 0 bridgehead atoms. The third kappa shape index (κ3) is 5.40. The van der Waals surface area contributed by atoms with Gasteiger partial charge in [-0.1, -0.05) is 17.7 Å². The van der Waals surface area contributed by atoms with Gasteiger partial charge in [-0.2, -0.15) is 5.10 Å². The van der Waals surface area contributed by atoms with Crippen LogP contribution in [0.4, 0.5) is 10.2 Å². The van der Waals surface area contributed by atoms with E-state index in [4.69, 9.17) is 22.1 Å². The largest absolute Gasteiger partial charge is 0.457 e. The lowest BCUT2D eigenvalue weighted by Crippen LogP contribution is -2.38. The predicted molar refractivity (Wildman–Crippen MR) is 165 cm³/mol. The summed E-state index contributed by atoms with van der Waals surface area (Å²) in [5.74, 6) is 1.11. The summed E-state index contributed by atoms with van der Waals surface area (Å²) in [7, 11) is 0. The van der Waals surface area contributed by atoms with Crippen molar-refractivity contribution in [2.24, 2.45) is 0 Å². The molecule has 7 nitrogen and oxygen atoms in total. The molecule has 1 aliphatic heterocycles. The minimum atomic E-state index is -0.305. The van der Waals surface area contributed by atoms with Gasteiger partial charge in [-0.05, 0) is 118 Å². The Kier molecular flexibility index (Phi) is 7.51. The Balaban J connectivity index is 1.23. The van der Waals surface area contributed by atoms with Gasteiger partial charge in [0, 0.05) is 22.0 Å². The highest BCUT2D eigenvalue weighted by Crippen LogP contribution is 2.34. The zero-order chi connectivity index (χ0) is 29.5. The van der Waals surface area contributed by atoms with Crippen molar-refractivity contribution in [3.63, 3.8) is 0 Å². The van der Waals surface area contributed by atoms with Crippen LogP contribution in [0.25, 0.3) is 16.6 Å². The molecule has 42 heavy (non-hydrogen) atoms. The number of piperidine rings is 1. The molecule has 0 aliphatic carbocycles. The Bertz CT molecular complexity index is 1780. The van der Waals surface area contributed by atoms with Crippen LogP contribution in [-0.2, 0) is 0 Å². The Labute approximate surface area is 249 Å². The number of ketones is 1. The third-order valence-electron chi connectivity index (χ3n) is 8.16. The summed E-state index contributed by atoms with van der Waals surface area (Å²) >= 11 is 6.07. The molecule has 0 saturated carbocycles. The minimum absolute atomic E-state index is 0.159. The summed E-state index contributed by atoms with van der Waals surface area (Å²) in [6.07, 6.45) is 3.29. The number of aromatic nitrogens is 3. The normalized spacial score (nSPS) is 14.6.